The van der Waals surface area contributed by atoms with Crippen LogP contribution in [0, 0.1) is 0 Å². The molecule has 4 aromatic heterocycles. The average Bonchev–Trinajstić information content (AvgIpc) is 4.12. The van der Waals surface area contributed by atoms with E-state index < -0.39 is 8.07 Å². The van der Waals surface area contributed by atoms with Gasteiger partial charge in [-0.25, -0.2) is 29.9 Å². The van der Waals surface area contributed by atoms with Crippen LogP contribution in [0.4, 0.5) is 0 Å². The standard InChI is InChI=1S/C36H29N3OSi.C33H21N3O/c1-41(2,3)32-16-10-15-30-29-22-21-28(23-31(29)40-33(30)32)24-17-19-27(20-18-24)36-38-34(25-11-6-4-7-12-25)37-35(39-36)26-13-8-5-9-14-26;1-3-9-23(10-4-1)31-34-32(24-11-5-2-6-12-24)36-33(35-31)25-17-15-22(16-18-25)26-19-20-28-27-13-7-8-14-29(27)37-30(28)21-26/h4-23H,1-3H3;1-21H. The van der Waals surface area contributed by atoms with Crippen molar-refractivity contribution in [3.8, 4) is 90.6 Å². The van der Waals surface area contributed by atoms with Crippen LogP contribution in [0.3, 0.4) is 0 Å². The summed E-state index contributed by atoms with van der Waals surface area (Å²) in [5.74, 6) is 3.92. The van der Waals surface area contributed by atoms with E-state index in [1.807, 2.05) is 140 Å². The second kappa shape index (κ2) is 20.3. The van der Waals surface area contributed by atoms with E-state index in [9.17, 15) is 0 Å². The highest BCUT2D eigenvalue weighted by Crippen LogP contribution is 2.36. The van der Waals surface area contributed by atoms with Gasteiger partial charge < -0.3 is 8.83 Å². The average molecular weight is 1020 g/mol. The Morgan fingerprint density at radius 1 is 0.244 bits per heavy atom. The van der Waals surface area contributed by atoms with Gasteiger partial charge in [0.2, 0.25) is 0 Å². The zero-order chi connectivity index (χ0) is 52.6. The summed E-state index contributed by atoms with van der Waals surface area (Å²) in [6.45, 7) is 7.08. The van der Waals surface area contributed by atoms with Gasteiger partial charge in [0, 0.05) is 54.9 Å². The predicted octanol–water partition coefficient (Wildman–Crippen LogP) is 17.4. The lowest BCUT2D eigenvalue weighted by atomic mass is 10.0. The minimum absolute atomic E-state index is 0.645. The molecule has 0 N–H and O–H groups in total. The maximum atomic E-state index is 6.48. The van der Waals surface area contributed by atoms with Crippen molar-refractivity contribution in [2.75, 3.05) is 0 Å². The molecule has 0 aliphatic rings. The van der Waals surface area contributed by atoms with Crippen molar-refractivity contribution in [2.24, 2.45) is 0 Å². The Labute approximate surface area is 452 Å². The summed E-state index contributed by atoms with van der Waals surface area (Å²) in [5, 5.41) is 5.98. The van der Waals surface area contributed by atoms with Crippen molar-refractivity contribution >= 4 is 57.1 Å². The molecule has 14 aromatic rings. The molecule has 78 heavy (non-hydrogen) atoms. The fraction of sp³-hybridized carbons (Fsp3) is 0.0435. The normalized spacial score (nSPS) is 11.5. The Kier molecular flexibility index (Phi) is 12.4. The number of hydrogen-bond donors (Lipinski definition) is 0. The van der Waals surface area contributed by atoms with Gasteiger partial charge in [0.15, 0.2) is 34.9 Å². The number of furan rings is 2. The zero-order valence-electron chi connectivity index (χ0n) is 43.2. The summed E-state index contributed by atoms with van der Waals surface area (Å²) in [6.07, 6.45) is 0. The van der Waals surface area contributed by atoms with Crippen LogP contribution in [0.1, 0.15) is 0 Å². The van der Waals surface area contributed by atoms with Crippen LogP contribution in [0.5, 0.6) is 0 Å². The summed E-state index contributed by atoms with van der Waals surface area (Å²) in [5.41, 5.74) is 13.9. The zero-order valence-corrected chi connectivity index (χ0v) is 44.2. The molecule has 8 nitrogen and oxygen atoms in total. The van der Waals surface area contributed by atoms with Crippen LogP contribution in [0.25, 0.3) is 134 Å². The molecule has 0 saturated heterocycles. The van der Waals surface area contributed by atoms with Crippen LogP contribution in [0.2, 0.25) is 19.6 Å². The molecule has 0 unspecified atom stereocenters. The Bertz CT molecular complexity index is 4330. The van der Waals surface area contributed by atoms with Gasteiger partial charge in [-0.15, -0.1) is 0 Å². The van der Waals surface area contributed by atoms with Gasteiger partial charge in [0.05, 0.1) is 8.07 Å². The summed E-state index contributed by atoms with van der Waals surface area (Å²) in [6, 6.07) is 84.5. The molecule has 0 spiro atoms. The van der Waals surface area contributed by atoms with Gasteiger partial charge in [-0.1, -0.05) is 238 Å². The van der Waals surface area contributed by atoms with Crippen molar-refractivity contribution in [1.82, 2.24) is 29.9 Å². The van der Waals surface area contributed by atoms with E-state index in [4.69, 9.17) is 38.7 Å². The quantitative estimate of drug-likeness (QED) is 0.132. The fourth-order valence-corrected chi connectivity index (χ4v) is 11.4. The lowest BCUT2D eigenvalue weighted by molar-refractivity contribution is 0.669. The van der Waals surface area contributed by atoms with Gasteiger partial charge in [0.1, 0.15) is 22.3 Å². The van der Waals surface area contributed by atoms with E-state index in [1.54, 1.807) is 0 Å². The number of rotatable bonds is 9. The van der Waals surface area contributed by atoms with E-state index in [1.165, 1.54) is 10.6 Å². The third-order valence-corrected chi connectivity index (χ3v) is 16.0. The van der Waals surface area contributed by atoms with Crippen LogP contribution in [-0.2, 0) is 0 Å². The third kappa shape index (κ3) is 9.55. The molecule has 0 radical (unpaired) electrons. The van der Waals surface area contributed by atoms with Crippen molar-refractivity contribution in [3.05, 3.63) is 249 Å². The highest BCUT2D eigenvalue weighted by atomic mass is 28.3. The minimum Gasteiger partial charge on any atom is -0.456 e. The van der Waals surface area contributed by atoms with Gasteiger partial charge in [0.25, 0.3) is 0 Å². The molecule has 4 heterocycles. The van der Waals surface area contributed by atoms with Crippen molar-refractivity contribution < 1.29 is 8.83 Å². The lowest BCUT2D eigenvalue weighted by Crippen LogP contribution is -2.37. The molecule has 14 rings (SSSR count). The molecule has 0 bridgehead atoms. The number of hydrogen-bond acceptors (Lipinski definition) is 8. The number of benzene rings is 10. The minimum atomic E-state index is -1.54. The van der Waals surface area contributed by atoms with Crippen molar-refractivity contribution in [2.45, 2.75) is 19.6 Å². The second-order valence-electron chi connectivity index (χ2n) is 20.3. The summed E-state index contributed by atoms with van der Waals surface area (Å²) in [7, 11) is -1.54. The molecule has 0 fully saturated rings. The van der Waals surface area contributed by atoms with Crippen LogP contribution >= 0.6 is 0 Å². The van der Waals surface area contributed by atoms with Crippen molar-refractivity contribution in [3.63, 3.8) is 0 Å². The molecule has 0 amide bonds. The molecule has 0 aliphatic carbocycles. The Morgan fingerprint density at radius 3 is 0.962 bits per heavy atom. The first-order valence-corrected chi connectivity index (χ1v) is 29.6. The highest BCUT2D eigenvalue weighted by molar-refractivity contribution is 6.90. The second-order valence-corrected chi connectivity index (χ2v) is 25.3. The monoisotopic (exact) mass is 1020 g/mol. The van der Waals surface area contributed by atoms with Gasteiger partial charge in [-0.05, 0) is 57.8 Å². The SMILES string of the molecule is C[Si](C)(C)c1cccc2c1oc1cc(-c3ccc(-c4nc(-c5ccccc5)nc(-c5ccccc5)n4)cc3)ccc12.c1ccc(-c2nc(-c3ccccc3)nc(-c3ccc(-c4ccc5c(c4)oc4ccccc45)cc3)n2)cc1. The van der Waals surface area contributed by atoms with Crippen LogP contribution in [-0.4, -0.2) is 38.0 Å². The molecule has 9 heteroatoms. The van der Waals surface area contributed by atoms with Gasteiger partial charge >= 0.3 is 0 Å². The maximum absolute atomic E-state index is 6.48. The van der Waals surface area contributed by atoms with Crippen LogP contribution < -0.4 is 5.19 Å². The van der Waals surface area contributed by atoms with E-state index in [-0.39, 0.29) is 0 Å². The summed E-state index contributed by atoms with van der Waals surface area (Å²) < 4.78 is 12.6. The fourth-order valence-electron chi connectivity index (χ4n) is 9.97. The molecule has 0 aliphatic heterocycles. The molecule has 0 saturated carbocycles. The lowest BCUT2D eigenvalue weighted by Gasteiger charge is -2.16. The predicted molar refractivity (Wildman–Crippen MR) is 321 cm³/mol. The van der Waals surface area contributed by atoms with E-state index in [0.717, 1.165) is 94.1 Å². The summed E-state index contributed by atoms with van der Waals surface area (Å²) in [4.78, 5) is 29.0. The number of nitrogens with zero attached hydrogens (tertiary/aromatic N) is 6. The van der Waals surface area contributed by atoms with Gasteiger partial charge in [-0.2, -0.15) is 0 Å². The van der Waals surface area contributed by atoms with Crippen LogP contribution in [0.15, 0.2) is 258 Å². The van der Waals surface area contributed by atoms with Gasteiger partial charge in [-0.3, -0.25) is 0 Å². The first-order chi connectivity index (χ1) is 38.3. The van der Waals surface area contributed by atoms with E-state index in [2.05, 4.69) is 129 Å². The molecule has 10 aromatic carbocycles. The van der Waals surface area contributed by atoms with E-state index >= 15 is 0 Å². The molecule has 0 atom stereocenters. The number of para-hydroxylation sites is 2. The third-order valence-electron chi connectivity index (χ3n) is 14.0. The molecular formula is C69H50N6O2Si. The molecule has 372 valence electrons. The topological polar surface area (TPSA) is 104 Å². The van der Waals surface area contributed by atoms with E-state index in [0.29, 0.717) is 34.9 Å². The van der Waals surface area contributed by atoms with Crippen molar-refractivity contribution in [1.29, 1.82) is 0 Å². The first kappa shape index (κ1) is 47.7. The largest absolute Gasteiger partial charge is 0.456 e. The Balaban J connectivity index is 0.000000149. The maximum Gasteiger partial charge on any atom is 0.164 e. The first-order valence-electron chi connectivity index (χ1n) is 26.1. The highest BCUT2D eigenvalue weighted by Gasteiger charge is 2.23. The Morgan fingerprint density at radius 2 is 0.551 bits per heavy atom. The smallest absolute Gasteiger partial charge is 0.164 e. The summed E-state index contributed by atoms with van der Waals surface area (Å²) >= 11 is 0. The molecular weight excluding hydrogens is 973 g/mol. The number of fused-ring (bicyclic) bond motifs is 6. The Hall–Kier alpha value is -9.96. The number of aromatic nitrogens is 6.